The molecule has 0 radical (unpaired) electrons. The Labute approximate surface area is 101 Å². The molecule has 0 amide bonds. The van der Waals surface area contributed by atoms with Crippen molar-refractivity contribution in [2.75, 3.05) is 0 Å². The predicted molar refractivity (Wildman–Crippen MR) is 57.4 cm³/mol. The lowest BCUT2D eigenvalue weighted by molar-refractivity contribution is -0.138. The predicted octanol–water partition coefficient (Wildman–Crippen LogP) is 1.90. The molecule has 0 aliphatic carbocycles. The number of alkyl halides is 2. The van der Waals surface area contributed by atoms with Crippen LogP contribution in [0.4, 0.5) is 8.78 Å². The molecule has 3 N–H and O–H groups in total. The van der Waals surface area contributed by atoms with Gasteiger partial charge in [-0.1, -0.05) is 11.6 Å². The molecule has 0 saturated carbocycles. The van der Waals surface area contributed by atoms with Crippen LogP contribution in [-0.2, 0) is 11.2 Å². The van der Waals surface area contributed by atoms with E-state index in [2.05, 4.69) is 4.74 Å². The van der Waals surface area contributed by atoms with Crippen LogP contribution in [0, 0.1) is 0 Å². The van der Waals surface area contributed by atoms with E-state index >= 15 is 0 Å². The number of ether oxygens (including phenoxy) is 1. The summed E-state index contributed by atoms with van der Waals surface area (Å²) in [5.74, 6) is -1.35. The molecule has 1 rings (SSSR count). The first kappa shape index (κ1) is 13.7. The summed E-state index contributed by atoms with van der Waals surface area (Å²) in [5.41, 5.74) is 5.54. The molecule has 0 aromatic heterocycles. The molecule has 1 aromatic rings. The molecular weight excluding hydrogens is 256 g/mol. The maximum atomic E-state index is 12.1. The van der Waals surface area contributed by atoms with E-state index in [9.17, 15) is 13.6 Å². The molecule has 0 aliphatic heterocycles. The maximum Gasteiger partial charge on any atom is 0.387 e. The number of hydrogen-bond acceptors (Lipinski definition) is 3. The fraction of sp³-hybridized carbons (Fsp3) is 0.300. The normalized spacial score (nSPS) is 12.5. The number of aliphatic carboxylic acids is 1. The third kappa shape index (κ3) is 4.16. The van der Waals surface area contributed by atoms with Gasteiger partial charge in [0.2, 0.25) is 0 Å². The van der Waals surface area contributed by atoms with Gasteiger partial charge in [0.15, 0.2) is 0 Å². The quantitative estimate of drug-likeness (QED) is 0.853. The van der Waals surface area contributed by atoms with Crippen molar-refractivity contribution in [1.82, 2.24) is 0 Å². The number of rotatable bonds is 5. The Balaban J connectivity index is 2.94. The number of halogens is 3. The van der Waals surface area contributed by atoms with Gasteiger partial charge in [0.25, 0.3) is 0 Å². The lowest BCUT2D eigenvalue weighted by Crippen LogP contribution is -2.32. The summed E-state index contributed by atoms with van der Waals surface area (Å²) in [5, 5.41) is 8.93. The fourth-order valence-electron chi connectivity index (χ4n) is 1.24. The van der Waals surface area contributed by atoms with Crippen molar-refractivity contribution >= 4 is 17.6 Å². The van der Waals surface area contributed by atoms with Crippen LogP contribution in [0.15, 0.2) is 18.2 Å². The lowest BCUT2D eigenvalue weighted by Gasteiger charge is -2.12. The zero-order valence-corrected chi connectivity index (χ0v) is 9.32. The van der Waals surface area contributed by atoms with Crippen molar-refractivity contribution in [2.45, 2.75) is 19.1 Å². The summed E-state index contributed by atoms with van der Waals surface area (Å²) < 4.78 is 28.4. The molecule has 1 atom stereocenters. The molecular formula is C10H10ClF2NO3. The van der Waals surface area contributed by atoms with Gasteiger partial charge in [-0.15, -0.1) is 0 Å². The highest BCUT2D eigenvalue weighted by molar-refractivity contribution is 6.30. The first-order valence-electron chi connectivity index (χ1n) is 4.61. The van der Waals surface area contributed by atoms with Crippen molar-refractivity contribution in [3.05, 3.63) is 28.8 Å². The van der Waals surface area contributed by atoms with Crippen LogP contribution < -0.4 is 10.5 Å². The summed E-state index contributed by atoms with van der Waals surface area (Å²) in [4.78, 5) is 10.6. The van der Waals surface area contributed by atoms with E-state index in [1.165, 1.54) is 18.2 Å². The minimum absolute atomic E-state index is 0.124. The third-order valence-corrected chi connectivity index (χ3v) is 2.23. The van der Waals surface area contributed by atoms with Gasteiger partial charge < -0.3 is 15.6 Å². The molecule has 4 nitrogen and oxygen atoms in total. The van der Waals surface area contributed by atoms with E-state index < -0.39 is 18.6 Å². The largest absolute Gasteiger partial charge is 0.480 e. The number of carbonyl (C=O) groups is 1. The Morgan fingerprint density at radius 1 is 1.53 bits per heavy atom. The number of hydrogen-bond donors (Lipinski definition) is 2. The monoisotopic (exact) mass is 265 g/mol. The van der Waals surface area contributed by atoms with Crippen LogP contribution in [-0.4, -0.2) is 23.7 Å². The zero-order valence-electron chi connectivity index (χ0n) is 8.57. The zero-order chi connectivity index (χ0) is 13.0. The SMILES string of the molecule is NC(Cc1cc(Cl)ccc1OC(F)F)C(=O)O. The third-order valence-electron chi connectivity index (χ3n) is 2.00. The second-order valence-corrected chi connectivity index (χ2v) is 3.72. The van der Waals surface area contributed by atoms with Crippen molar-refractivity contribution in [3.8, 4) is 5.75 Å². The molecule has 7 heteroatoms. The first-order valence-corrected chi connectivity index (χ1v) is 4.99. The number of carboxylic acids is 1. The molecule has 0 fully saturated rings. The van der Waals surface area contributed by atoms with E-state index in [1.54, 1.807) is 0 Å². The molecule has 0 aliphatic rings. The van der Waals surface area contributed by atoms with E-state index in [1.807, 2.05) is 0 Å². The Bertz CT molecular complexity index is 415. The van der Waals surface area contributed by atoms with Crippen molar-refractivity contribution < 1.29 is 23.4 Å². The van der Waals surface area contributed by atoms with Crippen LogP contribution in [0.2, 0.25) is 5.02 Å². The van der Waals surface area contributed by atoms with Crippen LogP contribution >= 0.6 is 11.6 Å². The van der Waals surface area contributed by atoms with Crippen molar-refractivity contribution in [1.29, 1.82) is 0 Å². The highest BCUT2D eigenvalue weighted by Crippen LogP contribution is 2.25. The molecule has 0 spiro atoms. The first-order chi connectivity index (χ1) is 7.90. The average Bonchev–Trinajstić information content (AvgIpc) is 2.21. The van der Waals surface area contributed by atoms with E-state index in [0.717, 1.165) is 0 Å². The average molecular weight is 266 g/mol. The molecule has 0 heterocycles. The molecule has 0 bridgehead atoms. The van der Waals surface area contributed by atoms with Gasteiger partial charge in [-0.25, -0.2) is 0 Å². The van der Waals surface area contributed by atoms with Crippen LogP contribution in [0.3, 0.4) is 0 Å². The summed E-state index contributed by atoms with van der Waals surface area (Å²) in [6.07, 6.45) is -0.141. The summed E-state index contributed by atoms with van der Waals surface area (Å²) in [6, 6.07) is 2.77. The van der Waals surface area contributed by atoms with Gasteiger partial charge in [0.1, 0.15) is 11.8 Å². The Kier molecular flexibility index (Phi) is 4.65. The lowest BCUT2D eigenvalue weighted by atomic mass is 10.1. The number of benzene rings is 1. The second-order valence-electron chi connectivity index (χ2n) is 3.28. The number of carboxylic acid groups (broad SMARTS) is 1. The van der Waals surface area contributed by atoms with E-state index in [4.69, 9.17) is 22.4 Å². The molecule has 94 valence electrons. The molecule has 0 saturated heterocycles. The van der Waals surface area contributed by atoms with Gasteiger partial charge in [-0.05, 0) is 23.8 Å². The second kappa shape index (κ2) is 5.79. The standard InChI is InChI=1S/C10H10ClF2NO3/c11-6-1-2-8(17-10(12)13)5(3-6)4-7(14)9(15)16/h1-3,7,10H,4,14H2,(H,15,16). The summed E-state index contributed by atoms with van der Waals surface area (Å²) >= 11 is 5.69. The highest BCUT2D eigenvalue weighted by Gasteiger charge is 2.17. The van der Waals surface area contributed by atoms with Crippen LogP contribution in [0.1, 0.15) is 5.56 Å². The van der Waals surface area contributed by atoms with Crippen molar-refractivity contribution in [2.24, 2.45) is 5.73 Å². The van der Waals surface area contributed by atoms with Crippen molar-refractivity contribution in [3.63, 3.8) is 0 Å². The molecule has 1 aromatic carbocycles. The topological polar surface area (TPSA) is 72.5 Å². The maximum absolute atomic E-state index is 12.1. The van der Waals surface area contributed by atoms with Gasteiger partial charge in [0, 0.05) is 11.4 Å². The number of nitrogens with two attached hydrogens (primary N) is 1. The van der Waals surface area contributed by atoms with E-state index in [-0.39, 0.29) is 17.7 Å². The summed E-state index contributed by atoms with van der Waals surface area (Å²) in [6.45, 7) is -2.99. The van der Waals surface area contributed by atoms with E-state index in [0.29, 0.717) is 5.02 Å². The van der Waals surface area contributed by atoms with Gasteiger partial charge >= 0.3 is 12.6 Å². The minimum Gasteiger partial charge on any atom is -0.480 e. The Morgan fingerprint density at radius 3 is 2.71 bits per heavy atom. The van der Waals surface area contributed by atoms with Crippen LogP contribution in [0.5, 0.6) is 5.75 Å². The fourth-order valence-corrected chi connectivity index (χ4v) is 1.44. The molecule has 1 unspecified atom stereocenters. The molecule has 17 heavy (non-hydrogen) atoms. The van der Waals surface area contributed by atoms with Crippen LogP contribution in [0.25, 0.3) is 0 Å². The van der Waals surface area contributed by atoms with Gasteiger partial charge in [-0.2, -0.15) is 8.78 Å². The summed E-state index contributed by atoms with van der Waals surface area (Å²) in [7, 11) is 0. The van der Waals surface area contributed by atoms with Gasteiger partial charge in [-0.3, -0.25) is 4.79 Å². The van der Waals surface area contributed by atoms with Gasteiger partial charge in [0.05, 0.1) is 0 Å². The Hall–Kier alpha value is -1.40. The minimum atomic E-state index is -2.99. The highest BCUT2D eigenvalue weighted by atomic mass is 35.5. The smallest absolute Gasteiger partial charge is 0.387 e. The Morgan fingerprint density at radius 2 is 2.18 bits per heavy atom.